The monoisotopic (exact) mass is 352 g/mol. The summed E-state index contributed by atoms with van der Waals surface area (Å²) in [5.74, 6) is 0.190. The maximum atomic E-state index is 12.4. The lowest BCUT2D eigenvalue weighted by atomic mass is 10.3. The lowest BCUT2D eigenvalue weighted by molar-refractivity contribution is 0.0299. The van der Waals surface area contributed by atoms with E-state index in [4.69, 9.17) is 27.9 Å². The van der Waals surface area contributed by atoms with Crippen molar-refractivity contribution in [1.82, 2.24) is 14.9 Å². The Hall–Kier alpha value is -1.89. The van der Waals surface area contributed by atoms with Gasteiger partial charge in [-0.3, -0.25) is 4.79 Å². The molecule has 2 aromatic rings. The summed E-state index contributed by atoms with van der Waals surface area (Å²) in [6.07, 6.45) is 1.54. The minimum absolute atomic E-state index is 0.132. The number of aromatic nitrogens is 2. The van der Waals surface area contributed by atoms with Crippen molar-refractivity contribution in [3.8, 4) is 0 Å². The Bertz CT molecular complexity index is 720. The number of rotatable bonds is 3. The molecule has 1 aromatic heterocycles. The molecule has 1 aliphatic heterocycles. The summed E-state index contributed by atoms with van der Waals surface area (Å²) in [5, 5.41) is 3.90. The first-order chi connectivity index (χ1) is 11.1. The van der Waals surface area contributed by atoms with E-state index in [2.05, 4.69) is 15.3 Å². The number of benzene rings is 1. The second-order valence-corrected chi connectivity index (χ2v) is 5.74. The molecule has 1 N–H and O–H groups in total. The number of carbonyl (C=O) groups excluding carboxylic acids is 1. The van der Waals surface area contributed by atoms with Crippen LogP contribution < -0.4 is 5.32 Å². The van der Waals surface area contributed by atoms with Gasteiger partial charge < -0.3 is 15.0 Å². The predicted molar refractivity (Wildman–Crippen MR) is 88.5 cm³/mol. The summed E-state index contributed by atoms with van der Waals surface area (Å²) in [7, 11) is 0. The van der Waals surface area contributed by atoms with Gasteiger partial charge in [0, 0.05) is 25.0 Å². The Kier molecular flexibility index (Phi) is 4.95. The van der Waals surface area contributed by atoms with E-state index in [0.717, 1.165) is 0 Å². The first-order valence-corrected chi connectivity index (χ1v) is 7.81. The van der Waals surface area contributed by atoms with E-state index in [-0.39, 0.29) is 5.91 Å². The number of morpholine rings is 1. The molecule has 1 aliphatic rings. The average Bonchev–Trinajstić information content (AvgIpc) is 2.58. The fraction of sp³-hybridized carbons (Fsp3) is 0.267. The van der Waals surface area contributed by atoms with Crippen molar-refractivity contribution in [2.75, 3.05) is 31.6 Å². The summed E-state index contributed by atoms with van der Waals surface area (Å²) < 4.78 is 5.25. The molecule has 1 amide bonds. The second-order valence-electron chi connectivity index (χ2n) is 4.92. The van der Waals surface area contributed by atoms with Crippen LogP contribution in [-0.4, -0.2) is 47.1 Å². The highest BCUT2D eigenvalue weighted by molar-refractivity contribution is 6.42. The number of nitrogens with zero attached hydrogens (tertiary/aromatic N) is 3. The van der Waals surface area contributed by atoms with Gasteiger partial charge in [-0.2, -0.15) is 0 Å². The molecule has 0 radical (unpaired) electrons. The van der Waals surface area contributed by atoms with Crippen LogP contribution in [0.25, 0.3) is 0 Å². The lowest BCUT2D eigenvalue weighted by Crippen LogP contribution is -2.41. The average molecular weight is 353 g/mol. The molecule has 1 saturated heterocycles. The predicted octanol–water partition coefficient (Wildman–Crippen LogP) is 3.00. The lowest BCUT2D eigenvalue weighted by Gasteiger charge is -2.26. The Labute approximate surface area is 143 Å². The number of nitrogens with one attached hydrogen (secondary N) is 1. The van der Waals surface area contributed by atoms with Gasteiger partial charge in [-0.1, -0.05) is 23.2 Å². The molecule has 120 valence electrons. The molecule has 0 bridgehead atoms. The Morgan fingerprint density at radius 1 is 1.17 bits per heavy atom. The van der Waals surface area contributed by atoms with Gasteiger partial charge in [0.25, 0.3) is 5.91 Å². The summed E-state index contributed by atoms with van der Waals surface area (Å²) >= 11 is 11.9. The van der Waals surface area contributed by atoms with Crippen LogP contribution in [0, 0.1) is 0 Å². The smallest absolute Gasteiger partial charge is 0.272 e. The van der Waals surface area contributed by atoms with Crippen LogP contribution in [0.4, 0.5) is 11.6 Å². The van der Waals surface area contributed by atoms with Gasteiger partial charge >= 0.3 is 0 Å². The van der Waals surface area contributed by atoms with E-state index in [1.165, 1.54) is 0 Å². The zero-order chi connectivity index (χ0) is 16.2. The third-order valence-corrected chi connectivity index (χ3v) is 4.09. The third kappa shape index (κ3) is 3.90. The van der Waals surface area contributed by atoms with Crippen molar-refractivity contribution in [2.45, 2.75) is 0 Å². The molecule has 0 unspecified atom stereocenters. The molecule has 1 aromatic carbocycles. The summed E-state index contributed by atoms with van der Waals surface area (Å²) in [5.41, 5.74) is 1.03. The molecule has 0 atom stereocenters. The first-order valence-electron chi connectivity index (χ1n) is 7.05. The Balaban J connectivity index is 1.76. The van der Waals surface area contributed by atoms with Crippen molar-refractivity contribution in [2.24, 2.45) is 0 Å². The molecule has 0 spiro atoms. The molecule has 6 nitrogen and oxygen atoms in total. The number of hydrogen-bond donors (Lipinski definition) is 1. The molecular formula is C15H14Cl2N4O2. The third-order valence-electron chi connectivity index (χ3n) is 3.35. The number of ether oxygens (including phenoxy) is 1. The van der Waals surface area contributed by atoms with Crippen LogP contribution in [0.2, 0.25) is 10.0 Å². The fourth-order valence-corrected chi connectivity index (χ4v) is 2.47. The number of hydrogen-bond acceptors (Lipinski definition) is 5. The normalized spacial score (nSPS) is 14.6. The van der Waals surface area contributed by atoms with Crippen LogP contribution in [0.3, 0.4) is 0 Å². The van der Waals surface area contributed by atoms with Crippen molar-refractivity contribution < 1.29 is 9.53 Å². The van der Waals surface area contributed by atoms with Gasteiger partial charge in [-0.15, -0.1) is 0 Å². The standard InChI is InChI=1S/C15H14Cl2N4O2/c16-11-2-1-10(9-12(11)17)19-15-18-4-3-13(20-15)14(22)21-5-7-23-8-6-21/h1-4,9H,5-8H2,(H,18,19,20). The number of halogens is 2. The van der Waals surface area contributed by atoms with Crippen molar-refractivity contribution >= 4 is 40.7 Å². The summed E-state index contributed by atoms with van der Waals surface area (Å²) in [6.45, 7) is 2.23. The van der Waals surface area contributed by atoms with Crippen LogP contribution in [-0.2, 0) is 4.74 Å². The quantitative estimate of drug-likeness (QED) is 0.919. The molecule has 8 heteroatoms. The topological polar surface area (TPSA) is 67.4 Å². The molecular weight excluding hydrogens is 339 g/mol. The van der Waals surface area contributed by atoms with Gasteiger partial charge in [0.05, 0.1) is 23.3 Å². The molecule has 23 heavy (non-hydrogen) atoms. The van der Waals surface area contributed by atoms with Crippen molar-refractivity contribution in [1.29, 1.82) is 0 Å². The Morgan fingerprint density at radius 2 is 1.96 bits per heavy atom. The van der Waals surface area contributed by atoms with Gasteiger partial charge in [0.15, 0.2) is 0 Å². The highest BCUT2D eigenvalue weighted by Gasteiger charge is 2.20. The van der Waals surface area contributed by atoms with E-state index < -0.39 is 0 Å². The van der Waals surface area contributed by atoms with E-state index in [1.54, 1.807) is 35.4 Å². The van der Waals surface area contributed by atoms with Gasteiger partial charge in [-0.05, 0) is 24.3 Å². The summed E-state index contributed by atoms with van der Waals surface area (Å²) in [6, 6.07) is 6.70. The van der Waals surface area contributed by atoms with E-state index in [1.807, 2.05) is 0 Å². The zero-order valence-corrected chi connectivity index (χ0v) is 13.6. The number of carbonyl (C=O) groups is 1. The van der Waals surface area contributed by atoms with Crippen LogP contribution in [0.5, 0.6) is 0 Å². The van der Waals surface area contributed by atoms with E-state index in [0.29, 0.717) is 53.7 Å². The van der Waals surface area contributed by atoms with Crippen LogP contribution in [0.1, 0.15) is 10.5 Å². The Morgan fingerprint density at radius 3 is 2.70 bits per heavy atom. The van der Waals surface area contributed by atoms with E-state index in [9.17, 15) is 4.79 Å². The zero-order valence-electron chi connectivity index (χ0n) is 12.1. The van der Waals surface area contributed by atoms with Gasteiger partial charge in [0.1, 0.15) is 5.69 Å². The largest absolute Gasteiger partial charge is 0.378 e. The van der Waals surface area contributed by atoms with Gasteiger partial charge in [-0.25, -0.2) is 9.97 Å². The van der Waals surface area contributed by atoms with Crippen molar-refractivity contribution in [3.05, 3.63) is 46.2 Å². The number of anilines is 2. The first kappa shape index (κ1) is 16.0. The fourth-order valence-electron chi connectivity index (χ4n) is 2.17. The molecule has 2 heterocycles. The maximum Gasteiger partial charge on any atom is 0.272 e. The highest BCUT2D eigenvalue weighted by atomic mass is 35.5. The second kappa shape index (κ2) is 7.12. The molecule has 0 saturated carbocycles. The molecule has 0 aliphatic carbocycles. The number of amides is 1. The minimum atomic E-state index is -0.132. The maximum absolute atomic E-state index is 12.4. The van der Waals surface area contributed by atoms with E-state index >= 15 is 0 Å². The van der Waals surface area contributed by atoms with Crippen LogP contribution >= 0.6 is 23.2 Å². The highest BCUT2D eigenvalue weighted by Crippen LogP contribution is 2.26. The minimum Gasteiger partial charge on any atom is -0.378 e. The molecule has 3 rings (SSSR count). The molecule has 1 fully saturated rings. The van der Waals surface area contributed by atoms with Crippen LogP contribution in [0.15, 0.2) is 30.5 Å². The van der Waals surface area contributed by atoms with Gasteiger partial charge in [0.2, 0.25) is 5.95 Å². The SMILES string of the molecule is O=C(c1ccnc(Nc2ccc(Cl)c(Cl)c2)n1)N1CCOCC1. The van der Waals surface area contributed by atoms with Crippen molar-refractivity contribution in [3.63, 3.8) is 0 Å². The summed E-state index contributed by atoms with van der Waals surface area (Å²) in [4.78, 5) is 22.5.